The van der Waals surface area contributed by atoms with Crippen molar-refractivity contribution in [2.75, 3.05) is 13.2 Å². The van der Waals surface area contributed by atoms with Crippen molar-refractivity contribution in [2.45, 2.75) is 51.3 Å². The molecule has 1 fully saturated rings. The molecule has 1 aliphatic rings. The molecule has 1 saturated heterocycles. The lowest BCUT2D eigenvalue weighted by atomic mass is 9.95. The van der Waals surface area contributed by atoms with Crippen LogP contribution in [0, 0.1) is 0 Å². The van der Waals surface area contributed by atoms with Gasteiger partial charge in [-0.2, -0.15) is 0 Å². The summed E-state index contributed by atoms with van der Waals surface area (Å²) >= 11 is 0. The van der Waals surface area contributed by atoms with Gasteiger partial charge in [0.25, 0.3) is 0 Å². The standard InChI is InChI=1S/C10H21NO2/c1-3-9-10(13-7-6-12)5-4-8(2)11-9/h8-12H,3-7H2,1-2H3. The van der Waals surface area contributed by atoms with Crippen LogP contribution in [0.2, 0.25) is 0 Å². The van der Waals surface area contributed by atoms with E-state index in [1.165, 1.54) is 6.42 Å². The van der Waals surface area contributed by atoms with Gasteiger partial charge in [0.1, 0.15) is 0 Å². The van der Waals surface area contributed by atoms with Gasteiger partial charge in [0.2, 0.25) is 0 Å². The molecule has 13 heavy (non-hydrogen) atoms. The van der Waals surface area contributed by atoms with E-state index in [0.29, 0.717) is 24.8 Å². The second kappa shape index (κ2) is 5.58. The molecule has 0 aromatic carbocycles. The fourth-order valence-electron chi connectivity index (χ4n) is 1.96. The summed E-state index contributed by atoms with van der Waals surface area (Å²) in [5.41, 5.74) is 0. The minimum absolute atomic E-state index is 0.127. The van der Waals surface area contributed by atoms with Crippen LogP contribution in [0.1, 0.15) is 33.1 Å². The molecule has 0 saturated carbocycles. The van der Waals surface area contributed by atoms with Gasteiger partial charge in [-0.25, -0.2) is 0 Å². The highest BCUT2D eigenvalue weighted by molar-refractivity contribution is 4.84. The monoisotopic (exact) mass is 187 g/mol. The fourth-order valence-corrected chi connectivity index (χ4v) is 1.96. The van der Waals surface area contributed by atoms with Gasteiger partial charge in [0, 0.05) is 12.1 Å². The third-order valence-corrected chi connectivity index (χ3v) is 2.69. The van der Waals surface area contributed by atoms with Crippen LogP contribution in [0.5, 0.6) is 0 Å². The first-order chi connectivity index (χ1) is 6.27. The van der Waals surface area contributed by atoms with Crippen LogP contribution in [-0.4, -0.2) is 36.5 Å². The molecule has 3 heteroatoms. The van der Waals surface area contributed by atoms with Crippen molar-refractivity contribution >= 4 is 0 Å². The Bertz CT molecular complexity index is 139. The van der Waals surface area contributed by atoms with Crippen LogP contribution in [0.4, 0.5) is 0 Å². The van der Waals surface area contributed by atoms with Crippen LogP contribution in [0.25, 0.3) is 0 Å². The summed E-state index contributed by atoms with van der Waals surface area (Å²) < 4.78 is 5.57. The molecule has 3 unspecified atom stereocenters. The van der Waals surface area contributed by atoms with Gasteiger partial charge < -0.3 is 15.2 Å². The van der Waals surface area contributed by atoms with Crippen molar-refractivity contribution in [3.8, 4) is 0 Å². The van der Waals surface area contributed by atoms with Crippen LogP contribution in [0.15, 0.2) is 0 Å². The number of hydrogen-bond acceptors (Lipinski definition) is 3. The maximum Gasteiger partial charge on any atom is 0.0729 e. The molecule has 0 aliphatic carbocycles. The lowest BCUT2D eigenvalue weighted by molar-refractivity contribution is -0.0153. The summed E-state index contributed by atoms with van der Waals surface area (Å²) in [6, 6.07) is 1.08. The van der Waals surface area contributed by atoms with Gasteiger partial charge in [-0.05, 0) is 26.2 Å². The summed E-state index contributed by atoms with van der Waals surface area (Å²) in [5, 5.41) is 12.2. The van der Waals surface area contributed by atoms with Crippen LogP contribution in [0.3, 0.4) is 0 Å². The highest BCUT2D eigenvalue weighted by atomic mass is 16.5. The third kappa shape index (κ3) is 3.25. The second-order valence-corrected chi connectivity index (χ2v) is 3.79. The minimum Gasteiger partial charge on any atom is -0.394 e. The van der Waals surface area contributed by atoms with Crippen LogP contribution < -0.4 is 5.32 Å². The molecule has 0 spiro atoms. The van der Waals surface area contributed by atoms with Crippen LogP contribution in [-0.2, 0) is 4.74 Å². The van der Waals surface area contributed by atoms with E-state index >= 15 is 0 Å². The van der Waals surface area contributed by atoms with Crippen LogP contribution >= 0.6 is 0 Å². The van der Waals surface area contributed by atoms with Gasteiger partial charge in [-0.3, -0.25) is 0 Å². The summed E-state index contributed by atoms with van der Waals surface area (Å²) in [5.74, 6) is 0. The molecule has 78 valence electrons. The summed E-state index contributed by atoms with van der Waals surface area (Å²) in [6.07, 6.45) is 3.69. The van der Waals surface area contributed by atoms with Crippen molar-refractivity contribution in [2.24, 2.45) is 0 Å². The number of rotatable bonds is 4. The highest BCUT2D eigenvalue weighted by Gasteiger charge is 2.26. The van der Waals surface area contributed by atoms with E-state index in [1.807, 2.05) is 0 Å². The average Bonchev–Trinajstić information content (AvgIpc) is 2.16. The lowest BCUT2D eigenvalue weighted by Gasteiger charge is -2.35. The largest absolute Gasteiger partial charge is 0.394 e. The minimum atomic E-state index is 0.127. The predicted molar refractivity (Wildman–Crippen MR) is 52.7 cm³/mol. The Morgan fingerprint density at radius 2 is 2.23 bits per heavy atom. The summed E-state index contributed by atoms with van der Waals surface area (Å²) in [6.45, 7) is 4.98. The normalized spacial score (nSPS) is 34.8. The van der Waals surface area contributed by atoms with Crippen molar-refractivity contribution in [1.29, 1.82) is 0 Å². The van der Waals surface area contributed by atoms with E-state index < -0.39 is 0 Å². The molecule has 0 radical (unpaired) electrons. The first-order valence-electron chi connectivity index (χ1n) is 5.26. The highest BCUT2D eigenvalue weighted by Crippen LogP contribution is 2.18. The molecule has 1 aliphatic heterocycles. The zero-order chi connectivity index (χ0) is 9.68. The zero-order valence-corrected chi connectivity index (χ0v) is 8.62. The summed E-state index contributed by atoms with van der Waals surface area (Å²) in [7, 11) is 0. The molecule has 3 nitrogen and oxygen atoms in total. The maximum absolute atomic E-state index is 8.66. The Labute approximate surface area is 80.5 Å². The Morgan fingerprint density at radius 3 is 2.85 bits per heavy atom. The molecular weight excluding hydrogens is 166 g/mol. The van der Waals surface area contributed by atoms with Gasteiger partial charge in [-0.15, -0.1) is 0 Å². The first kappa shape index (κ1) is 11.0. The Kier molecular flexibility index (Phi) is 4.70. The van der Waals surface area contributed by atoms with E-state index in [1.54, 1.807) is 0 Å². The van der Waals surface area contributed by atoms with Gasteiger partial charge in [-0.1, -0.05) is 6.92 Å². The number of aliphatic hydroxyl groups is 1. The van der Waals surface area contributed by atoms with Gasteiger partial charge in [0.05, 0.1) is 19.3 Å². The summed E-state index contributed by atoms with van der Waals surface area (Å²) in [4.78, 5) is 0. The van der Waals surface area contributed by atoms with Crippen molar-refractivity contribution in [3.05, 3.63) is 0 Å². The van der Waals surface area contributed by atoms with Crippen molar-refractivity contribution < 1.29 is 9.84 Å². The third-order valence-electron chi connectivity index (χ3n) is 2.69. The quantitative estimate of drug-likeness (QED) is 0.687. The van der Waals surface area contributed by atoms with E-state index in [9.17, 15) is 0 Å². The number of ether oxygens (including phenoxy) is 1. The topological polar surface area (TPSA) is 41.5 Å². The van der Waals surface area contributed by atoms with Crippen molar-refractivity contribution in [1.82, 2.24) is 5.32 Å². The number of piperidine rings is 1. The lowest BCUT2D eigenvalue weighted by Crippen LogP contribution is -2.50. The molecule has 1 heterocycles. The molecule has 0 amide bonds. The molecule has 3 atom stereocenters. The number of nitrogens with one attached hydrogen (secondary N) is 1. The van der Waals surface area contributed by atoms with E-state index in [-0.39, 0.29) is 6.61 Å². The predicted octanol–water partition coefficient (Wildman–Crippen LogP) is 0.914. The molecule has 0 aromatic heterocycles. The van der Waals surface area contributed by atoms with E-state index in [0.717, 1.165) is 12.8 Å². The SMILES string of the molecule is CCC1NC(C)CCC1OCCO. The van der Waals surface area contributed by atoms with Gasteiger partial charge >= 0.3 is 0 Å². The van der Waals surface area contributed by atoms with E-state index in [4.69, 9.17) is 9.84 Å². The molecule has 2 N–H and O–H groups in total. The zero-order valence-electron chi connectivity index (χ0n) is 8.62. The molecular formula is C10H21NO2. The first-order valence-corrected chi connectivity index (χ1v) is 5.26. The van der Waals surface area contributed by atoms with Gasteiger partial charge in [0.15, 0.2) is 0 Å². The Balaban J connectivity index is 2.33. The maximum atomic E-state index is 8.66. The number of aliphatic hydroxyl groups excluding tert-OH is 1. The Morgan fingerprint density at radius 1 is 1.46 bits per heavy atom. The van der Waals surface area contributed by atoms with E-state index in [2.05, 4.69) is 19.2 Å². The number of hydrogen-bond donors (Lipinski definition) is 2. The smallest absolute Gasteiger partial charge is 0.0729 e. The Hall–Kier alpha value is -0.120. The second-order valence-electron chi connectivity index (χ2n) is 3.79. The molecule has 1 rings (SSSR count). The fraction of sp³-hybridized carbons (Fsp3) is 1.00. The van der Waals surface area contributed by atoms with Crippen molar-refractivity contribution in [3.63, 3.8) is 0 Å². The molecule has 0 aromatic rings. The average molecular weight is 187 g/mol. The molecule has 0 bridgehead atoms.